The number of hydrogen-bond acceptors (Lipinski definition) is 2. The number of hydrogen-bond donors (Lipinski definition) is 0. The molecule has 1 atom stereocenters. The molecule has 33 heavy (non-hydrogen) atoms. The molecule has 0 fully saturated rings. The van der Waals surface area contributed by atoms with Gasteiger partial charge in [0.1, 0.15) is 0 Å². The Kier molecular flexibility index (Phi) is 14.8. The zero-order valence-corrected chi connectivity index (χ0v) is 24.2. The van der Waals surface area contributed by atoms with Gasteiger partial charge in [0.2, 0.25) is 0 Å². The summed E-state index contributed by atoms with van der Waals surface area (Å²) in [6.45, 7) is 8.30. The van der Waals surface area contributed by atoms with Crippen molar-refractivity contribution in [2.75, 3.05) is 11.2 Å². The fraction of sp³-hybridized carbons (Fsp3) is 0.533. The molecule has 0 aliphatic carbocycles. The van der Waals surface area contributed by atoms with E-state index in [1.165, 1.54) is 63.0 Å². The van der Waals surface area contributed by atoms with Crippen molar-refractivity contribution in [3.8, 4) is 0 Å². The van der Waals surface area contributed by atoms with Crippen molar-refractivity contribution in [1.29, 1.82) is 0 Å². The molecule has 1 unspecified atom stereocenters. The zero-order valence-electron chi connectivity index (χ0n) is 21.3. The van der Waals surface area contributed by atoms with Gasteiger partial charge in [-0.1, -0.05) is 0 Å². The van der Waals surface area contributed by atoms with E-state index in [1.807, 2.05) is 6.07 Å². The van der Waals surface area contributed by atoms with Crippen LogP contribution in [0.15, 0.2) is 72.8 Å². The van der Waals surface area contributed by atoms with Crippen molar-refractivity contribution in [1.82, 2.24) is 0 Å². The van der Waals surface area contributed by atoms with Gasteiger partial charge in [-0.15, -0.1) is 0 Å². The van der Waals surface area contributed by atoms with E-state index in [9.17, 15) is 0 Å². The summed E-state index contributed by atoms with van der Waals surface area (Å²) in [7, 11) is 0. The second kappa shape index (κ2) is 17.4. The van der Waals surface area contributed by atoms with Crippen LogP contribution in [0.4, 0.5) is 0 Å². The van der Waals surface area contributed by atoms with Crippen LogP contribution in [0.5, 0.6) is 0 Å². The quantitative estimate of drug-likeness (QED) is 0.104. The molecule has 0 spiro atoms. The van der Waals surface area contributed by atoms with Gasteiger partial charge in [-0.2, -0.15) is 0 Å². The molecule has 0 aliphatic heterocycles. The normalized spacial score (nSPS) is 12.9. The predicted octanol–water partition coefficient (Wildman–Crippen LogP) is 8.91. The Morgan fingerprint density at radius 1 is 0.758 bits per heavy atom. The molecule has 2 aromatic rings. The molecule has 3 heteroatoms. The first-order valence-electron chi connectivity index (χ1n) is 13.2. The fourth-order valence-corrected chi connectivity index (χ4v) is 18.8. The van der Waals surface area contributed by atoms with Crippen LogP contribution in [0.3, 0.4) is 0 Å². The fourth-order valence-electron chi connectivity index (χ4n) is 4.44. The van der Waals surface area contributed by atoms with Gasteiger partial charge in [-0.3, -0.25) is 0 Å². The van der Waals surface area contributed by atoms with E-state index in [0.29, 0.717) is 13.2 Å². The molecule has 0 amide bonds. The SMILES string of the molecule is CCC[CH2][Sn]([CH2]CCC)([CH2]CCC)[CH2]OC/C=C\C(OCc1ccccc1)c1ccccc1. The molecule has 0 N–H and O–H groups in total. The molecule has 0 heterocycles. The maximum atomic E-state index is 6.39. The molecule has 2 aromatic carbocycles. The van der Waals surface area contributed by atoms with E-state index in [4.69, 9.17) is 9.47 Å². The van der Waals surface area contributed by atoms with E-state index in [1.54, 1.807) is 0 Å². The van der Waals surface area contributed by atoms with Crippen molar-refractivity contribution in [3.63, 3.8) is 0 Å². The average molecular weight is 557 g/mol. The first-order chi connectivity index (χ1) is 16.2. The van der Waals surface area contributed by atoms with Gasteiger partial charge in [0, 0.05) is 0 Å². The summed E-state index contributed by atoms with van der Waals surface area (Å²) >= 11 is -2.21. The molecule has 2 rings (SSSR count). The Balaban J connectivity index is 1.96. The first kappa shape index (κ1) is 28.1. The Morgan fingerprint density at radius 3 is 1.85 bits per heavy atom. The number of unbranched alkanes of at least 4 members (excludes halogenated alkanes) is 3. The number of benzene rings is 2. The van der Waals surface area contributed by atoms with Gasteiger partial charge in [-0.05, 0) is 0 Å². The average Bonchev–Trinajstić information content (AvgIpc) is 2.87. The third-order valence-electron chi connectivity index (χ3n) is 6.52. The van der Waals surface area contributed by atoms with Gasteiger partial charge in [0.15, 0.2) is 0 Å². The second-order valence-electron chi connectivity index (χ2n) is 9.38. The monoisotopic (exact) mass is 558 g/mol. The van der Waals surface area contributed by atoms with Crippen LogP contribution in [0.2, 0.25) is 13.3 Å². The van der Waals surface area contributed by atoms with Crippen molar-refractivity contribution < 1.29 is 9.47 Å². The van der Waals surface area contributed by atoms with E-state index >= 15 is 0 Å². The van der Waals surface area contributed by atoms with Crippen molar-refractivity contribution >= 4 is 18.4 Å². The Bertz CT molecular complexity index is 723. The van der Waals surface area contributed by atoms with Crippen LogP contribution in [0.1, 0.15) is 76.5 Å². The minimum absolute atomic E-state index is 0.0523. The Morgan fingerprint density at radius 2 is 1.30 bits per heavy atom. The topological polar surface area (TPSA) is 18.5 Å². The Labute approximate surface area is 207 Å². The first-order valence-corrected chi connectivity index (χ1v) is 21.2. The van der Waals surface area contributed by atoms with Crippen LogP contribution in [0.25, 0.3) is 0 Å². The Hall–Kier alpha value is -1.10. The molecule has 0 saturated heterocycles. The van der Waals surface area contributed by atoms with Crippen LogP contribution < -0.4 is 0 Å². The summed E-state index contributed by atoms with van der Waals surface area (Å²) in [6.07, 6.45) is 12.4. The zero-order chi connectivity index (χ0) is 23.6. The third-order valence-corrected chi connectivity index (χ3v) is 21.0. The van der Waals surface area contributed by atoms with Crippen molar-refractivity contribution in [2.24, 2.45) is 0 Å². The molecule has 2 nitrogen and oxygen atoms in total. The summed E-state index contributed by atoms with van der Waals surface area (Å²) in [5.41, 5.74) is 2.39. The van der Waals surface area contributed by atoms with Crippen LogP contribution in [-0.4, -0.2) is 29.6 Å². The summed E-state index contributed by atoms with van der Waals surface area (Å²) in [5.74, 6) is 0. The number of ether oxygens (including phenoxy) is 2. The van der Waals surface area contributed by atoms with Crippen LogP contribution in [0, 0.1) is 0 Å². The predicted molar refractivity (Wildman–Crippen MR) is 145 cm³/mol. The third kappa shape index (κ3) is 11.2. The molecule has 0 saturated carbocycles. The molecule has 0 aliphatic rings. The summed E-state index contributed by atoms with van der Waals surface area (Å²) in [6, 6.07) is 20.9. The van der Waals surface area contributed by atoms with E-state index in [2.05, 4.69) is 87.5 Å². The van der Waals surface area contributed by atoms with Crippen LogP contribution >= 0.6 is 0 Å². The summed E-state index contributed by atoms with van der Waals surface area (Å²) in [4.78, 5) is 0. The van der Waals surface area contributed by atoms with Crippen LogP contribution in [-0.2, 0) is 16.1 Å². The maximum absolute atomic E-state index is 6.39. The second-order valence-corrected chi connectivity index (χ2v) is 23.0. The summed E-state index contributed by atoms with van der Waals surface area (Å²) < 4.78 is 18.3. The van der Waals surface area contributed by atoms with E-state index < -0.39 is 18.4 Å². The van der Waals surface area contributed by atoms with Crippen molar-refractivity contribution in [3.05, 3.63) is 83.9 Å². The van der Waals surface area contributed by atoms with Gasteiger partial charge >= 0.3 is 208 Å². The van der Waals surface area contributed by atoms with Gasteiger partial charge < -0.3 is 0 Å². The minimum atomic E-state index is -2.21. The molecule has 0 radical (unpaired) electrons. The van der Waals surface area contributed by atoms with Crippen molar-refractivity contribution in [2.45, 2.75) is 85.3 Å². The number of rotatable bonds is 18. The van der Waals surface area contributed by atoms with Gasteiger partial charge in [0.25, 0.3) is 0 Å². The molecule has 0 bridgehead atoms. The molecule has 182 valence electrons. The molecular formula is C30H46O2Sn. The van der Waals surface area contributed by atoms with Gasteiger partial charge in [0.05, 0.1) is 0 Å². The summed E-state index contributed by atoms with van der Waals surface area (Å²) in [5, 5.41) is 0. The standard InChI is InChI=1S/C18H19O2.3C4H9.Sn/c1-19-14-8-13-18(17-11-6-3-7-12-17)20-15-16-9-4-2-5-10-16;3*1-3-4-2;/h2-13,18H,1,14-15H2;3*1,3-4H2,2H3;/b13-8-;;;;. The van der Waals surface area contributed by atoms with Gasteiger partial charge in [-0.25, -0.2) is 0 Å². The van der Waals surface area contributed by atoms with E-state index in [-0.39, 0.29) is 6.10 Å². The molecular weight excluding hydrogens is 511 g/mol. The van der Waals surface area contributed by atoms with E-state index in [0.717, 1.165) is 4.62 Å². The molecule has 0 aromatic heterocycles.